The van der Waals surface area contributed by atoms with Crippen molar-refractivity contribution in [1.82, 2.24) is 4.90 Å². The van der Waals surface area contributed by atoms with E-state index in [9.17, 15) is 14.4 Å². The van der Waals surface area contributed by atoms with Crippen molar-refractivity contribution in [3.8, 4) is 0 Å². The molecule has 1 aromatic carbocycles. The van der Waals surface area contributed by atoms with Gasteiger partial charge in [0.1, 0.15) is 0 Å². The maximum absolute atomic E-state index is 13.1. The first-order chi connectivity index (χ1) is 12.1. The number of nitrogens with zero attached hydrogens (tertiary/aromatic N) is 1. The normalized spacial score (nSPS) is 25.9. The van der Waals surface area contributed by atoms with E-state index < -0.39 is 5.41 Å². The van der Waals surface area contributed by atoms with Crippen molar-refractivity contribution >= 4 is 35.1 Å². The number of amides is 2. The molecule has 1 saturated heterocycles. The molecule has 7 heteroatoms. The molecule has 1 aromatic rings. The lowest BCUT2D eigenvalue weighted by Crippen LogP contribution is -2.57. The van der Waals surface area contributed by atoms with Gasteiger partial charge in [-0.2, -0.15) is 0 Å². The third-order valence-corrected chi connectivity index (χ3v) is 5.98. The van der Waals surface area contributed by atoms with Crippen LogP contribution in [-0.4, -0.2) is 42.9 Å². The molecule has 0 spiro atoms. The van der Waals surface area contributed by atoms with Gasteiger partial charge in [0.05, 0.1) is 23.1 Å². The van der Waals surface area contributed by atoms with E-state index in [4.69, 9.17) is 16.3 Å². The van der Waals surface area contributed by atoms with Crippen LogP contribution < -0.4 is 5.32 Å². The van der Waals surface area contributed by atoms with Crippen LogP contribution in [0.3, 0.4) is 0 Å². The number of nitrogens with one attached hydrogen (secondary N) is 1. The predicted octanol–water partition coefficient (Wildman–Crippen LogP) is 2.96. The highest BCUT2D eigenvalue weighted by Crippen LogP contribution is 2.63. The lowest BCUT2D eigenvalue weighted by atomic mass is 9.48. The Balaban J connectivity index is 1.88. The Morgan fingerprint density at radius 1 is 1.31 bits per heavy atom. The molecule has 2 atom stereocenters. The maximum Gasteiger partial charge on any atom is 0.314 e. The zero-order chi connectivity index (χ0) is 19.3. The number of likely N-dealkylation sites (tertiary alicyclic amines) is 1. The number of anilines is 1. The first-order valence-electron chi connectivity index (χ1n) is 8.55. The van der Waals surface area contributed by atoms with E-state index in [1.165, 1.54) is 14.0 Å². The summed E-state index contributed by atoms with van der Waals surface area (Å²) < 4.78 is 5.02. The minimum Gasteiger partial charge on any atom is -0.469 e. The summed E-state index contributed by atoms with van der Waals surface area (Å²) in [6.45, 7) is 6.43. The molecule has 1 saturated carbocycles. The van der Waals surface area contributed by atoms with Gasteiger partial charge in [-0.1, -0.05) is 25.4 Å². The number of hydrogen-bond acceptors (Lipinski definition) is 4. The Labute approximate surface area is 157 Å². The van der Waals surface area contributed by atoms with Gasteiger partial charge in [-0.05, 0) is 36.0 Å². The highest BCUT2D eigenvalue weighted by Gasteiger charge is 2.68. The Bertz CT molecular complexity index is 792. The molecule has 1 aliphatic heterocycles. The van der Waals surface area contributed by atoms with Crippen LogP contribution in [0.15, 0.2) is 18.2 Å². The van der Waals surface area contributed by atoms with E-state index in [0.717, 1.165) is 0 Å². The number of carbonyl (C=O) groups is 3. The number of benzene rings is 1. The van der Waals surface area contributed by atoms with Crippen LogP contribution in [0.1, 0.15) is 37.6 Å². The van der Waals surface area contributed by atoms with E-state index >= 15 is 0 Å². The molecule has 0 aromatic heterocycles. The first-order valence-corrected chi connectivity index (χ1v) is 8.93. The molecular formula is C19H23ClN2O4. The Morgan fingerprint density at radius 2 is 2.00 bits per heavy atom. The summed E-state index contributed by atoms with van der Waals surface area (Å²) in [6, 6.07) is 4.81. The molecule has 2 fully saturated rings. The van der Waals surface area contributed by atoms with Crippen LogP contribution in [0, 0.1) is 16.7 Å². The number of esters is 1. The number of rotatable bonds is 3. The minimum atomic E-state index is -0.629. The summed E-state index contributed by atoms with van der Waals surface area (Å²) in [7, 11) is 1.39. The molecule has 0 unspecified atom stereocenters. The van der Waals surface area contributed by atoms with Crippen molar-refractivity contribution in [3.63, 3.8) is 0 Å². The van der Waals surface area contributed by atoms with E-state index in [1.807, 2.05) is 0 Å². The van der Waals surface area contributed by atoms with Gasteiger partial charge in [-0.25, -0.2) is 0 Å². The lowest BCUT2D eigenvalue weighted by Gasteiger charge is -2.54. The topological polar surface area (TPSA) is 75.7 Å². The molecule has 1 N–H and O–H groups in total. The second kappa shape index (κ2) is 6.27. The van der Waals surface area contributed by atoms with Crippen molar-refractivity contribution in [3.05, 3.63) is 28.8 Å². The number of halogens is 1. The van der Waals surface area contributed by atoms with Gasteiger partial charge < -0.3 is 15.0 Å². The zero-order valence-corrected chi connectivity index (χ0v) is 16.1. The molecule has 140 valence electrons. The fourth-order valence-corrected chi connectivity index (χ4v) is 4.87. The van der Waals surface area contributed by atoms with Crippen molar-refractivity contribution in [1.29, 1.82) is 0 Å². The highest BCUT2D eigenvalue weighted by molar-refractivity contribution is 6.34. The molecule has 3 rings (SSSR count). The lowest BCUT2D eigenvalue weighted by molar-refractivity contribution is -0.174. The van der Waals surface area contributed by atoms with Gasteiger partial charge >= 0.3 is 5.97 Å². The van der Waals surface area contributed by atoms with E-state index in [0.29, 0.717) is 35.8 Å². The molecule has 26 heavy (non-hydrogen) atoms. The van der Waals surface area contributed by atoms with Crippen molar-refractivity contribution in [2.24, 2.45) is 16.7 Å². The third-order valence-electron chi connectivity index (χ3n) is 5.65. The molecule has 2 amide bonds. The Kier molecular flexibility index (Phi) is 4.51. The Morgan fingerprint density at radius 3 is 2.58 bits per heavy atom. The van der Waals surface area contributed by atoms with Crippen LogP contribution >= 0.6 is 11.6 Å². The van der Waals surface area contributed by atoms with Crippen LogP contribution in [0.4, 0.5) is 5.69 Å². The van der Waals surface area contributed by atoms with Crippen LogP contribution in [-0.2, 0) is 14.3 Å². The van der Waals surface area contributed by atoms with Gasteiger partial charge in [0, 0.05) is 25.7 Å². The molecule has 1 aliphatic carbocycles. The quantitative estimate of drug-likeness (QED) is 0.820. The third kappa shape index (κ3) is 2.86. The minimum absolute atomic E-state index is 0.0228. The van der Waals surface area contributed by atoms with E-state index in [-0.39, 0.29) is 29.1 Å². The molecular weight excluding hydrogens is 356 g/mol. The van der Waals surface area contributed by atoms with E-state index in [1.54, 1.807) is 23.1 Å². The monoisotopic (exact) mass is 378 g/mol. The maximum atomic E-state index is 13.1. The summed E-state index contributed by atoms with van der Waals surface area (Å²) in [6.07, 6.45) is 0.695. The van der Waals surface area contributed by atoms with Crippen molar-refractivity contribution in [2.75, 3.05) is 25.5 Å². The van der Waals surface area contributed by atoms with Crippen molar-refractivity contribution in [2.45, 2.75) is 27.2 Å². The van der Waals surface area contributed by atoms with Crippen molar-refractivity contribution < 1.29 is 19.1 Å². The van der Waals surface area contributed by atoms with Gasteiger partial charge in [-0.3, -0.25) is 14.4 Å². The van der Waals surface area contributed by atoms with Gasteiger partial charge in [0.2, 0.25) is 5.91 Å². The Hall–Kier alpha value is -2.08. The number of hydrogen-bond donors (Lipinski definition) is 1. The van der Waals surface area contributed by atoms with Crippen LogP contribution in [0.25, 0.3) is 0 Å². The summed E-state index contributed by atoms with van der Waals surface area (Å²) in [5.74, 6) is -0.661. The SMILES string of the molecule is COC(=O)[C@@]12CN(C(=O)c3cc(NC(C)=O)ccc3Cl)C[C@@H]1C(C)(C)C2. The molecule has 0 radical (unpaired) electrons. The number of ether oxygens (including phenoxy) is 1. The summed E-state index contributed by atoms with van der Waals surface area (Å²) in [4.78, 5) is 38.4. The highest BCUT2D eigenvalue weighted by atomic mass is 35.5. The number of methoxy groups -OCH3 is 1. The molecule has 1 heterocycles. The summed E-state index contributed by atoms with van der Waals surface area (Å²) >= 11 is 6.22. The average molecular weight is 379 g/mol. The fraction of sp³-hybridized carbons (Fsp3) is 0.526. The molecule has 2 aliphatic rings. The molecule has 6 nitrogen and oxygen atoms in total. The molecule has 0 bridgehead atoms. The van der Waals surface area contributed by atoms with Crippen LogP contribution in [0.5, 0.6) is 0 Å². The first kappa shape index (κ1) is 18.7. The van der Waals surface area contributed by atoms with Gasteiger partial charge in [-0.15, -0.1) is 0 Å². The summed E-state index contributed by atoms with van der Waals surface area (Å²) in [5.41, 5.74) is 0.174. The largest absolute Gasteiger partial charge is 0.469 e. The predicted molar refractivity (Wildman–Crippen MR) is 98.0 cm³/mol. The second-order valence-electron chi connectivity index (χ2n) is 7.93. The van der Waals surface area contributed by atoms with Crippen LogP contribution in [0.2, 0.25) is 5.02 Å². The van der Waals surface area contributed by atoms with Gasteiger partial charge in [0.15, 0.2) is 0 Å². The standard InChI is InChI=1S/C19H23ClN2O4/c1-11(23)21-12-5-6-14(20)13(7-12)16(24)22-8-15-18(2,3)9-19(15,10-22)17(25)26-4/h5-7,15H,8-10H2,1-4H3,(H,21,23)/t15-,19+/m1/s1. The van der Waals surface area contributed by atoms with E-state index in [2.05, 4.69) is 19.2 Å². The smallest absolute Gasteiger partial charge is 0.314 e. The summed E-state index contributed by atoms with van der Waals surface area (Å²) in [5, 5.41) is 2.97. The average Bonchev–Trinajstić information content (AvgIpc) is 2.90. The zero-order valence-electron chi connectivity index (χ0n) is 15.4. The number of fused-ring (bicyclic) bond motifs is 1. The number of carbonyl (C=O) groups excluding carboxylic acids is 3. The fourth-order valence-electron chi connectivity index (χ4n) is 4.67. The van der Waals surface area contributed by atoms with Gasteiger partial charge in [0.25, 0.3) is 5.91 Å². The second-order valence-corrected chi connectivity index (χ2v) is 8.33.